The summed E-state index contributed by atoms with van der Waals surface area (Å²) in [5, 5.41) is 2.96. The van der Waals surface area contributed by atoms with Crippen LogP contribution in [0.25, 0.3) is 0 Å². The molecule has 0 aliphatic carbocycles. The Morgan fingerprint density at radius 1 is 1.21 bits per heavy atom. The average Bonchev–Trinajstić information content (AvgIpc) is 2.66. The van der Waals surface area contributed by atoms with Crippen molar-refractivity contribution in [2.45, 2.75) is 26.4 Å². The van der Waals surface area contributed by atoms with Gasteiger partial charge in [0.25, 0.3) is 0 Å². The van der Waals surface area contributed by atoms with Crippen molar-refractivity contribution in [2.24, 2.45) is 0 Å². The number of anilines is 2. The summed E-state index contributed by atoms with van der Waals surface area (Å²) in [5.74, 6) is 3.58. The van der Waals surface area contributed by atoms with E-state index in [-0.39, 0.29) is 6.10 Å². The molecule has 1 aliphatic heterocycles. The molecule has 2 rings (SSSR count). The molecule has 1 fully saturated rings. The first-order chi connectivity index (χ1) is 9.19. The highest BCUT2D eigenvalue weighted by Gasteiger charge is 2.16. The minimum atomic E-state index is 0.0552. The molecule has 6 nitrogen and oxygen atoms in total. The fraction of sp³-hybridized carbons (Fsp3) is 0.750. The maximum absolute atomic E-state index is 5.59. The Bertz CT molecular complexity index is 407. The molecule has 0 bridgehead atoms. The zero-order valence-electron chi connectivity index (χ0n) is 11.7. The first kappa shape index (κ1) is 14.2. The minimum absolute atomic E-state index is 0.0552. The molecular formula is C12H21N5OS. The molecule has 2 heterocycles. The molecule has 1 aliphatic rings. The second-order valence-corrected chi connectivity index (χ2v) is 5.84. The van der Waals surface area contributed by atoms with Gasteiger partial charge in [0.15, 0.2) is 0 Å². The highest BCUT2D eigenvalue weighted by molar-refractivity contribution is 7.99. The summed E-state index contributed by atoms with van der Waals surface area (Å²) < 4.78 is 5.59. The van der Waals surface area contributed by atoms with Crippen LogP contribution in [-0.4, -0.2) is 52.7 Å². The number of hydrogen-bond acceptors (Lipinski definition) is 7. The Balaban J connectivity index is 2.22. The van der Waals surface area contributed by atoms with Crippen molar-refractivity contribution in [3.8, 4) is 6.01 Å². The van der Waals surface area contributed by atoms with E-state index in [1.165, 1.54) is 5.75 Å². The third-order valence-corrected chi connectivity index (χ3v) is 3.72. The van der Waals surface area contributed by atoms with Gasteiger partial charge in [-0.3, -0.25) is 0 Å². The zero-order valence-corrected chi connectivity index (χ0v) is 12.5. The maximum Gasteiger partial charge on any atom is 0.323 e. The van der Waals surface area contributed by atoms with E-state index in [0.717, 1.165) is 25.3 Å². The molecule has 19 heavy (non-hydrogen) atoms. The van der Waals surface area contributed by atoms with E-state index >= 15 is 0 Å². The van der Waals surface area contributed by atoms with Gasteiger partial charge in [-0.2, -0.15) is 26.7 Å². The Morgan fingerprint density at radius 2 is 2.05 bits per heavy atom. The van der Waals surface area contributed by atoms with E-state index in [1.807, 2.05) is 25.6 Å². The van der Waals surface area contributed by atoms with Crippen LogP contribution in [0.3, 0.4) is 0 Å². The van der Waals surface area contributed by atoms with Crippen molar-refractivity contribution < 1.29 is 4.74 Å². The van der Waals surface area contributed by atoms with Crippen LogP contribution < -0.4 is 15.0 Å². The fourth-order valence-corrected chi connectivity index (χ4v) is 2.70. The molecule has 1 aromatic heterocycles. The van der Waals surface area contributed by atoms with Crippen LogP contribution in [0.15, 0.2) is 0 Å². The first-order valence-electron chi connectivity index (χ1n) is 6.62. The Kier molecular flexibility index (Phi) is 5.07. The molecule has 1 N–H and O–H groups in total. The number of thioether (sulfide) groups is 1. The standard InChI is InChI=1S/C12H21N5OS/c1-9(2)18-12-15-10(13-3)14-11(16-12)17-5-4-7-19-8-6-17/h9H,4-8H2,1-3H3,(H,13,14,15,16). The van der Waals surface area contributed by atoms with Gasteiger partial charge in [0.1, 0.15) is 0 Å². The summed E-state index contributed by atoms with van der Waals surface area (Å²) in [7, 11) is 1.80. The van der Waals surface area contributed by atoms with Gasteiger partial charge in [-0.15, -0.1) is 0 Å². The van der Waals surface area contributed by atoms with E-state index in [0.29, 0.717) is 17.9 Å². The number of hydrogen-bond donors (Lipinski definition) is 1. The van der Waals surface area contributed by atoms with Crippen LogP contribution in [0.1, 0.15) is 20.3 Å². The van der Waals surface area contributed by atoms with E-state index in [9.17, 15) is 0 Å². The van der Waals surface area contributed by atoms with Crippen LogP contribution >= 0.6 is 11.8 Å². The van der Waals surface area contributed by atoms with Gasteiger partial charge in [0.05, 0.1) is 6.10 Å². The molecule has 0 amide bonds. The summed E-state index contributed by atoms with van der Waals surface area (Å²) in [6.07, 6.45) is 1.21. The largest absolute Gasteiger partial charge is 0.461 e. The number of nitrogens with one attached hydrogen (secondary N) is 1. The summed E-state index contributed by atoms with van der Waals surface area (Å²) >= 11 is 1.98. The molecule has 0 saturated carbocycles. The van der Waals surface area contributed by atoms with Crippen molar-refractivity contribution in [2.75, 3.05) is 41.9 Å². The van der Waals surface area contributed by atoms with Crippen molar-refractivity contribution in [3.63, 3.8) is 0 Å². The third kappa shape index (κ3) is 4.12. The van der Waals surface area contributed by atoms with Gasteiger partial charge in [0.2, 0.25) is 11.9 Å². The predicted octanol–water partition coefficient (Wildman–Crippen LogP) is 1.64. The van der Waals surface area contributed by atoms with Gasteiger partial charge >= 0.3 is 6.01 Å². The van der Waals surface area contributed by atoms with Gasteiger partial charge in [-0.25, -0.2) is 0 Å². The molecule has 1 aromatic rings. The SMILES string of the molecule is CNc1nc(OC(C)C)nc(N2CCCSCC2)n1. The fourth-order valence-electron chi connectivity index (χ4n) is 1.81. The van der Waals surface area contributed by atoms with Crippen LogP contribution in [-0.2, 0) is 0 Å². The Labute approximate surface area is 118 Å². The smallest absolute Gasteiger partial charge is 0.323 e. The summed E-state index contributed by atoms with van der Waals surface area (Å²) in [5.41, 5.74) is 0. The van der Waals surface area contributed by atoms with Crippen molar-refractivity contribution in [1.82, 2.24) is 15.0 Å². The third-order valence-electron chi connectivity index (χ3n) is 2.67. The molecule has 0 aromatic carbocycles. The topological polar surface area (TPSA) is 63.2 Å². The predicted molar refractivity (Wildman–Crippen MR) is 79.3 cm³/mol. The molecule has 0 spiro atoms. The number of rotatable bonds is 4. The second kappa shape index (κ2) is 6.79. The molecule has 106 valence electrons. The normalized spacial score (nSPS) is 16.3. The molecular weight excluding hydrogens is 262 g/mol. The van der Waals surface area contributed by atoms with Crippen LogP contribution in [0.4, 0.5) is 11.9 Å². The number of ether oxygens (including phenoxy) is 1. The lowest BCUT2D eigenvalue weighted by Gasteiger charge is -2.20. The van der Waals surface area contributed by atoms with Crippen molar-refractivity contribution in [3.05, 3.63) is 0 Å². The Morgan fingerprint density at radius 3 is 2.79 bits per heavy atom. The highest BCUT2D eigenvalue weighted by Crippen LogP contribution is 2.19. The molecule has 0 radical (unpaired) electrons. The minimum Gasteiger partial charge on any atom is -0.461 e. The second-order valence-electron chi connectivity index (χ2n) is 4.61. The van der Waals surface area contributed by atoms with E-state index in [2.05, 4.69) is 25.2 Å². The molecule has 0 unspecified atom stereocenters. The zero-order chi connectivity index (χ0) is 13.7. The monoisotopic (exact) mass is 283 g/mol. The lowest BCUT2D eigenvalue weighted by molar-refractivity contribution is 0.222. The number of aromatic nitrogens is 3. The van der Waals surface area contributed by atoms with Crippen LogP contribution in [0.5, 0.6) is 6.01 Å². The molecule has 0 atom stereocenters. The van der Waals surface area contributed by atoms with E-state index in [4.69, 9.17) is 4.74 Å². The summed E-state index contributed by atoms with van der Waals surface area (Å²) in [4.78, 5) is 15.3. The number of nitrogens with zero attached hydrogens (tertiary/aromatic N) is 4. The molecule has 7 heteroatoms. The van der Waals surface area contributed by atoms with E-state index < -0.39 is 0 Å². The van der Waals surface area contributed by atoms with E-state index in [1.54, 1.807) is 7.05 Å². The van der Waals surface area contributed by atoms with Crippen molar-refractivity contribution in [1.29, 1.82) is 0 Å². The average molecular weight is 283 g/mol. The van der Waals surface area contributed by atoms with Crippen LogP contribution in [0, 0.1) is 0 Å². The van der Waals surface area contributed by atoms with Gasteiger partial charge in [-0.05, 0) is 26.0 Å². The summed E-state index contributed by atoms with van der Waals surface area (Å²) in [6, 6.07) is 0.390. The van der Waals surface area contributed by atoms with Gasteiger partial charge in [-0.1, -0.05) is 0 Å². The first-order valence-corrected chi connectivity index (χ1v) is 7.77. The van der Waals surface area contributed by atoms with Crippen LogP contribution in [0.2, 0.25) is 0 Å². The Hall–Kier alpha value is -1.24. The van der Waals surface area contributed by atoms with Gasteiger partial charge < -0.3 is 15.0 Å². The highest BCUT2D eigenvalue weighted by atomic mass is 32.2. The molecule has 1 saturated heterocycles. The lowest BCUT2D eigenvalue weighted by Crippen LogP contribution is -2.28. The van der Waals surface area contributed by atoms with Crippen molar-refractivity contribution >= 4 is 23.7 Å². The maximum atomic E-state index is 5.59. The lowest BCUT2D eigenvalue weighted by atomic mass is 10.4. The quantitative estimate of drug-likeness (QED) is 0.901. The van der Waals surface area contributed by atoms with Gasteiger partial charge in [0, 0.05) is 25.9 Å². The summed E-state index contributed by atoms with van der Waals surface area (Å²) in [6.45, 7) is 5.89.